The van der Waals surface area contributed by atoms with Crippen molar-refractivity contribution in [3.05, 3.63) is 35.9 Å². The molecule has 1 aromatic rings. The van der Waals surface area contributed by atoms with Crippen molar-refractivity contribution >= 4 is 18.1 Å². The summed E-state index contributed by atoms with van der Waals surface area (Å²) >= 11 is 0. The van der Waals surface area contributed by atoms with E-state index >= 15 is 0 Å². The fraction of sp³-hybridized carbons (Fsp3) is 0.562. The highest BCUT2D eigenvalue weighted by molar-refractivity contribution is 5.90. The fourth-order valence-corrected chi connectivity index (χ4v) is 3.49. The molecule has 0 aliphatic carbocycles. The highest BCUT2D eigenvalue weighted by atomic mass is 35.5. The van der Waals surface area contributed by atoms with E-state index in [0.29, 0.717) is 12.1 Å². The van der Waals surface area contributed by atoms with Gasteiger partial charge < -0.3 is 15.6 Å². The lowest BCUT2D eigenvalue weighted by Crippen LogP contribution is -2.64. The van der Waals surface area contributed by atoms with Crippen molar-refractivity contribution in [2.24, 2.45) is 11.1 Å². The van der Waals surface area contributed by atoms with Crippen molar-refractivity contribution in [1.82, 2.24) is 5.32 Å². The van der Waals surface area contributed by atoms with Crippen molar-refractivity contribution in [2.75, 3.05) is 0 Å². The van der Waals surface area contributed by atoms with Crippen molar-refractivity contribution in [3.63, 3.8) is 0 Å². The van der Waals surface area contributed by atoms with Crippen LogP contribution < -0.4 is 5.32 Å². The molecule has 5 heteroatoms. The lowest BCUT2D eigenvalue weighted by molar-refractivity contribution is 0.0629. The molecule has 3 N–H and O–H groups in total. The molecule has 0 saturated carbocycles. The minimum atomic E-state index is -0.694. The molecule has 2 rings (SSSR count). The van der Waals surface area contributed by atoms with E-state index in [1.54, 1.807) is 0 Å². The first-order valence-electron chi connectivity index (χ1n) is 7.00. The summed E-state index contributed by atoms with van der Waals surface area (Å²) in [5.74, 6) is -0.261. The zero-order valence-corrected chi connectivity index (χ0v) is 13.8. The van der Waals surface area contributed by atoms with Gasteiger partial charge in [-0.1, -0.05) is 35.5 Å². The summed E-state index contributed by atoms with van der Waals surface area (Å²) in [6.07, 6.45) is -0.0812. The van der Waals surface area contributed by atoms with Gasteiger partial charge in [0.1, 0.15) is 0 Å². The van der Waals surface area contributed by atoms with Crippen LogP contribution in [0.2, 0.25) is 0 Å². The molecule has 1 fully saturated rings. The number of rotatable bonds is 2. The maximum Gasteiger partial charge on any atom is 0.0889 e. The third kappa shape index (κ3) is 3.76. The van der Waals surface area contributed by atoms with Gasteiger partial charge in [0.15, 0.2) is 0 Å². The Balaban J connectivity index is 0.00000220. The average Bonchev–Trinajstić information content (AvgIpc) is 2.36. The minimum Gasteiger partial charge on any atom is -0.411 e. The second-order valence-corrected chi connectivity index (χ2v) is 6.83. The molecule has 0 radical (unpaired) electrons. The molecule has 1 aromatic carbocycles. The van der Waals surface area contributed by atoms with E-state index in [-0.39, 0.29) is 29.4 Å². The minimum absolute atomic E-state index is 0. The van der Waals surface area contributed by atoms with Crippen molar-refractivity contribution in [1.29, 1.82) is 0 Å². The van der Waals surface area contributed by atoms with Gasteiger partial charge in [-0.2, -0.15) is 0 Å². The number of oxime groups is 1. The molecule has 21 heavy (non-hydrogen) atoms. The maximum atomic E-state index is 10.7. The van der Waals surface area contributed by atoms with Crippen LogP contribution in [0.4, 0.5) is 0 Å². The van der Waals surface area contributed by atoms with E-state index in [1.165, 1.54) is 0 Å². The Hall–Kier alpha value is -1.10. The van der Waals surface area contributed by atoms with Crippen LogP contribution in [0.5, 0.6) is 0 Å². The number of nitrogens with zero attached hydrogens (tertiary/aromatic N) is 1. The van der Waals surface area contributed by atoms with Gasteiger partial charge in [-0.25, -0.2) is 0 Å². The normalized spacial score (nSPS) is 26.9. The number of aliphatic hydroxyl groups is 1. The number of piperidine rings is 1. The second-order valence-electron chi connectivity index (χ2n) is 6.83. The Morgan fingerprint density at radius 3 is 2.29 bits per heavy atom. The van der Waals surface area contributed by atoms with Crippen LogP contribution in [0.15, 0.2) is 35.5 Å². The van der Waals surface area contributed by atoms with Gasteiger partial charge in [0.25, 0.3) is 0 Å². The Labute approximate surface area is 132 Å². The monoisotopic (exact) mass is 312 g/mol. The van der Waals surface area contributed by atoms with Crippen LogP contribution in [-0.4, -0.2) is 27.1 Å². The fourth-order valence-electron chi connectivity index (χ4n) is 3.49. The summed E-state index contributed by atoms with van der Waals surface area (Å²) in [4.78, 5) is 0. The molecule has 2 unspecified atom stereocenters. The Bertz CT molecular complexity index is 500. The van der Waals surface area contributed by atoms with Crippen LogP contribution in [0.25, 0.3) is 0 Å². The van der Waals surface area contributed by atoms with Crippen LogP contribution >= 0.6 is 12.4 Å². The molecule has 0 spiro atoms. The molecule has 0 aromatic heterocycles. The van der Waals surface area contributed by atoms with Crippen LogP contribution in [0.1, 0.15) is 45.8 Å². The summed E-state index contributed by atoms with van der Waals surface area (Å²) in [6, 6.07) is 9.53. The topological polar surface area (TPSA) is 64.9 Å². The zero-order chi connectivity index (χ0) is 15.0. The zero-order valence-electron chi connectivity index (χ0n) is 13.0. The largest absolute Gasteiger partial charge is 0.411 e. The van der Waals surface area contributed by atoms with E-state index in [4.69, 9.17) is 0 Å². The Morgan fingerprint density at radius 2 is 1.76 bits per heavy atom. The molecule has 4 nitrogen and oxygen atoms in total. The smallest absolute Gasteiger partial charge is 0.0889 e. The summed E-state index contributed by atoms with van der Waals surface area (Å²) in [5.41, 5.74) is 0.972. The standard InChI is InChI=1S/C16H24N2O2.ClH/c1-15(2)10-12(17-20)13(16(3,4)18-15)14(19)11-8-6-5-7-9-11;/h5-9,13-14,18-20H,10H2,1-4H3;1H. The van der Waals surface area contributed by atoms with Gasteiger partial charge in [-0.05, 0) is 33.3 Å². The highest BCUT2D eigenvalue weighted by Crippen LogP contribution is 2.39. The van der Waals surface area contributed by atoms with Gasteiger partial charge >= 0.3 is 0 Å². The molecule has 0 amide bonds. The van der Waals surface area contributed by atoms with Crippen molar-refractivity contribution in [3.8, 4) is 0 Å². The van der Waals surface area contributed by atoms with Gasteiger partial charge in [0.2, 0.25) is 0 Å². The average molecular weight is 313 g/mol. The first kappa shape index (κ1) is 18.0. The lowest BCUT2D eigenvalue weighted by atomic mass is 9.69. The number of hydrogen-bond acceptors (Lipinski definition) is 4. The SMILES string of the molecule is CC1(C)CC(=NO)C(C(O)c2ccccc2)C(C)(C)N1.Cl. The quantitative estimate of drug-likeness (QED) is 0.580. The Morgan fingerprint density at radius 1 is 1.19 bits per heavy atom. The molecular weight excluding hydrogens is 288 g/mol. The summed E-state index contributed by atoms with van der Waals surface area (Å²) in [5, 5.41) is 27.1. The summed E-state index contributed by atoms with van der Waals surface area (Å²) in [7, 11) is 0. The molecule has 1 aliphatic rings. The number of aliphatic hydroxyl groups excluding tert-OH is 1. The first-order chi connectivity index (χ1) is 9.27. The molecule has 1 aliphatic heterocycles. The second kappa shape index (κ2) is 6.34. The van der Waals surface area contributed by atoms with Gasteiger partial charge in [-0.3, -0.25) is 0 Å². The molecule has 2 atom stereocenters. The van der Waals surface area contributed by atoms with E-state index < -0.39 is 6.10 Å². The molecular formula is C16H25ClN2O2. The van der Waals surface area contributed by atoms with Crippen molar-refractivity contribution in [2.45, 2.75) is 51.3 Å². The third-order valence-electron chi connectivity index (χ3n) is 4.01. The van der Waals surface area contributed by atoms with E-state index in [0.717, 1.165) is 5.56 Å². The van der Waals surface area contributed by atoms with E-state index in [1.807, 2.05) is 44.2 Å². The van der Waals surface area contributed by atoms with E-state index in [2.05, 4.69) is 24.3 Å². The molecule has 1 heterocycles. The first-order valence-corrected chi connectivity index (χ1v) is 7.00. The van der Waals surface area contributed by atoms with E-state index in [9.17, 15) is 10.3 Å². The molecule has 1 saturated heterocycles. The predicted molar refractivity (Wildman–Crippen MR) is 87.3 cm³/mol. The van der Waals surface area contributed by atoms with Gasteiger partial charge in [-0.15, -0.1) is 12.4 Å². The summed E-state index contributed by atoms with van der Waals surface area (Å²) in [6.45, 7) is 8.22. The number of halogens is 1. The summed E-state index contributed by atoms with van der Waals surface area (Å²) < 4.78 is 0. The maximum absolute atomic E-state index is 10.7. The van der Waals surface area contributed by atoms with Gasteiger partial charge in [0.05, 0.1) is 11.8 Å². The molecule has 0 bridgehead atoms. The lowest BCUT2D eigenvalue weighted by Gasteiger charge is -2.49. The number of hydrogen-bond donors (Lipinski definition) is 3. The number of nitrogens with one attached hydrogen (secondary N) is 1. The molecule has 118 valence electrons. The van der Waals surface area contributed by atoms with Crippen LogP contribution in [-0.2, 0) is 0 Å². The number of benzene rings is 1. The van der Waals surface area contributed by atoms with Crippen LogP contribution in [0, 0.1) is 5.92 Å². The third-order valence-corrected chi connectivity index (χ3v) is 4.01. The predicted octanol–water partition coefficient (Wildman–Crippen LogP) is 3.14. The van der Waals surface area contributed by atoms with Gasteiger partial charge in [0, 0.05) is 23.4 Å². The Kier molecular flexibility index (Phi) is 5.42. The van der Waals surface area contributed by atoms with Crippen molar-refractivity contribution < 1.29 is 10.3 Å². The van der Waals surface area contributed by atoms with Crippen LogP contribution in [0.3, 0.4) is 0 Å². The highest BCUT2D eigenvalue weighted by Gasteiger charge is 2.47.